The molecule has 1 N–H and O–H groups in total. The molecule has 0 radical (unpaired) electrons. The maximum absolute atomic E-state index is 3.85. The molecule has 2 nitrogen and oxygen atoms in total. The van der Waals surface area contributed by atoms with Crippen molar-refractivity contribution >= 4 is 0 Å². The van der Waals surface area contributed by atoms with E-state index in [0.717, 1.165) is 23.8 Å². The van der Waals surface area contributed by atoms with Crippen LogP contribution in [0.15, 0.2) is 0 Å². The second-order valence-electron chi connectivity index (χ2n) is 7.29. The predicted octanol–water partition coefficient (Wildman–Crippen LogP) is 3.13. The first-order valence-electron chi connectivity index (χ1n) is 7.95. The zero-order chi connectivity index (χ0) is 13.3. The summed E-state index contributed by atoms with van der Waals surface area (Å²) in [7, 11) is 0. The fourth-order valence-electron chi connectivity index (χ4n) is 3.28. The summed E-state index contributed by atoms with van der Waals surface area (Å²) in [6.45, 7) is 15.6. The highest BCUT2D eigenvalue weighted by atomic mass is 15.3. The van der Waals surface area contributed by atoms with E-state index in [1.54, 1.807) is 0 Å². The van der Waals surface area contributed by atoms with Gasteiger partial charge in [-0.2, -0.15) is 0 Å². The molecule has 0 spiro atoms. The van der Waals surface area contributed by atoms with Gasteiger partial charge in [0.2, 0.25) is 0 Å². The monoisotopic (exact) mass is 252 g/mol. The molecule has 1 aliphatic heterocycles. The minimum Gasteiger partial charge on any atom is -0.308 e. The lowest BCUT2D eigenvalue weighted by Crippen LogP contribution is -2.64. The lowest BCUT2D eigenvalue weighted by Gasteiger charge is -2.47. The fraction of sp³-hybridized carbons (Fsp3) is 1.00. The Bertz CT molecular complexity index is 272. The Morgan fingerprint density at radius 3 is 2.44 bits per heavy atom. The van der Waals surface area contributed by atoms with Gasteiger partial charge in [-0.25, -0.2) is 0 Å². The molecule has 0 aromatic rings. The van der Waals surface area contributed by atoms with Crippen LogP contribution >= 0.6 is 0 Å². The van der Waals surface area contributed by atoms with Crippen molar-refractivity contribution in [3.8, 4) is 0 Å². The number of rotatable bonds is 5. The molecule has 18 heavy (non-hydrogen) atoms. The van der Waals surface area contributed by atoms with E-state index in [2.05, 4.69) is 44.8 Å². The van der Waals surface area contributed by atoms with Crippen molar-refractivity contribution in [2.75, 3.05) is 19.6 Å². The molecule has 1 saturated carbocycles. The van der Waals surface area contributed by atoms with Gasteiger partial charge in [-0.15, -0.1) is 0 Å². The minimum absolute atomic E-state index is 0.391. The predicted molar refractivity (Wildman–Crippen MR) is 78.8 cm³/mol. The van der Waals surface area contributed by atoms with E-state index in [9.17, 15) is 0 Å². The lowest BCUT2D eigenvalue weighted by atomic mass is 9.88. The zero-order valence-corrected chi connectivity index (χ0v) is 13.0. The van der Waals surface area contributed by atoms with Gasteiger partial charge in [0, 0.05) is 31.2 Å². The SMILES string of the molecule is CCC1CNC(C)(C2CC2)CN1CC(C)C(C)C. The number of piperazine rings is 1. The van der Waals surface area contributed by atoms with Crippen molar-refractivity contribution in [2.24, 2.45) is 17.8 Å². The van der Waals surface area contributed by atoms with Crippen molar-refractivity contribution in [2.45, 2.75) is 65.5 Å². The fourth-order valence-corrected chi connectivity index (χ4v) is 3.28. The molecule has 106 valence electrons. The molecule has 2 heteroatoms. The number of nitrogens with one attached hydrogen (secondary N) is 1. The summed E-state index contributed by atoms with van der Waals surface area (Å²) >= 11 is 0. The van der Waals surface area contributed by atoms with Crippen LogP contribution in [0.2, 0.25) is 0 Å². The second-order valence-corrected chi connectivity index (χ2v) is 7.29. The van der Waals surface area contributed by atoms with Crippen molar-refractivity contribution in [3.05, 3.63) is 0 Å². The first kappa shape index (κ1) is 14.3. The summed E-state index contributed by atoms with van der Waals surface area (Å²) in [5.41, 5.74) is 0.391. The van der Waals surface area contributed by atoms with Gasteiger partial charge >= 0.3 is 0 Å². The highest BCUT2D eigenvalue weighted by molar-refractivity contribution is 5.04. The van der Waals surface area contributed by atoms with E-state index in [0.29, 0.717) is 5.54 Å². The van der Waals surface area contributed by atoms with E-state index in [1.807, 2.05) is 0 Å². The third-order valence-electron chi connectivity index (χ3n) is 5.40. The van der Waals surface area contributed by atoms with Gasteiger partial charge in [-0.3, -0.25) is 4.90 Å². The highest BCUT2D eigenvalue weighted by Crippen LogP contribution is 2.41. The van der Waals surface area contributed by atoms with Crippen LogP contribution < -0.4 is 5.32 Å². The topological polar surface area (TPSA) is 15.3 Å². The quantitative estimate of drug-likeness (QED) is 0.809. The smallest absolute Gasteiger partial charge is 0.0309 e. The summed E-state index contributed by atoms with van der Waals surface area (Å²) in [5.74, 6) is 2.54. The average molecular weight is 252 g/mol. The minimum atomic E-state index is 0.391. The van der Waals surface area contributed by atoms with Crippen LogP contribution in [0.4, 0.5) is 0 Å². The van der Waals surface area contributed by atoms with Crippen molar-refractivity contribution in [1.29, 1.82) is 0 Å². The first-order valence-corrected chi connectivity index (χ1v) is 7.95. The van der Waals surface area contributed by atoms with Crippen molar-refractivity contribution < 1.29 is 0 Å². The summed E-state index contributed by atoms with van der Waals surface area (Å²) in [4.78, 5) is 2.78. The largest absolute Gasteiger partial charge is 0.308 e. The Labute approximate surface area is 114 Å². The molecule has 2 rings (SSSR count). The third-order valence-corrected chi connectivity index (χ3v) is 5.40. The van der Waals surface area contributed by atoms with E-state index < -0.39 is 0 Å². The molecule has 2 fully saturated rings. The summed E-state index contributed by atoms with van der Waals surface area (Å²) in [5, 5.41) is 3.85. The Kier molecular flexibility index (Phi) is 4.38. The van der Waals surface area contributed by atoms with E-state index in [1.165, 1.54) is 38.9 Å². The normalized spacial score (nSPS) is 36.0. The molecule has 3 unspecified atom stereocenters. The molecule has 2 aliphatic rings. The van der Waals surface area contributed by atoms with Crippen LogP contribution in [0, 0.1) is 17.8 Å². The molecule has 1 aliphatic carbocycles. The Balaban J connectivity index is 1.98. The summed E-state index contributed by atoms with van der Waals surface area (Å²) < 4.78 is 0. The van der Waals surface area contributed by atoms with Gasteiger partial charge in [0.05, 0.1) is 0 Å². The van der Waals surface area contributed by atoms with Crippen LogP contribution in [-0.2, 0) is 0 Å². The summed E-state index contributed by atoms with van der Waals surface area (Å²) in [6, 6.07) is 0.748. The Morgan fingerprint density at radius 2 is 1.94 bits per heavy atom. The molecular formula is C16H32N2. The maximum Gasteiger partial charge on any atom is 0.0309 e. The number of nitrogens with zero attached hydrogens (tertiary/aromatic N) is 1. The van der Waals surface area contributed by atoms with Gasteiger partial charge in [-0.1, -0.05) is 27.7 Å². The molecule has 0 aromatic heterocycles. The molecular weight excluding hydrogens is 220 g/mol. The molecule has 0 amide bonds. The van der Waals surface area contributed by atoms with Gasteiger partial charge in [0.25, 0.3) is 0 Å². The van der Waals surface area contributed by atoms with E-state index >= 15 is 0 Å². The summed E-state index contributed by atoms with van der Waals surface area (Å²) in [6.07, 6.45) is 4.15. The zero-order valence-electron chi connectivity index (χ0n) is 13.0. The second kappa shape index (κ2) is 5.50. The van der Waals surface area contributed by atoms with Gasteiger partial charge in [0.1, 0.15) is 0 Å². The van der Waals surface area contributed by atoms with Gasteiger partial charge in [-0.05, 0) is 43.9 Å². The standard InChI is InChI=1S/C16H32N2/c1-6-15-9-17-16(5,14-7-8-14)11-18(15)10-13(4)12(2)3/h12-15,17H,6-11H2,1-5H3. The lowest BCUT2D eigenvalue weighted by molar-refractivity contribution is 0.0553. The van der Waals surface area contributed by atoms with Crippen LogP contribution in [0.1, 0.15) is 53.9 Å². The van der Waals surface area contributed by atoms with Crippen LogP contribution in [0.5, 0.6) is 0 Å². The molecule has 3 atom stereocenters. The Hall–Kier alpha value is -0.0800. The van der Waals surface area contributed by atoms with Gasteiger partial charge < -0.3 is 5.32 Å². The molecule has 1 heterocycles. The first-order chi connectivity index (χ1) is 8.46. The average Bonchev–Trinajstić information content (AvgIpc) is 3.13. The molecule has 0 aromatic carbocycles. The van der Waals surface area contributed by atoms with Crippen LogP contribution in [0.25, 0.3) is 0 Å². The van der Waals surface area contributed by atoms with Crippen molar-refractivity contribution in [3.63, 3.8) is 0 Å². The maximum atomic E-state index is 3.85. The van der Waals surface area contributed by atoms with Crippen molar-refractivity contribution in [1.82, 2.24) is 10.2 Å². The van der Waals surface area contributed by atoms with E-state index in [4.69, 9.17) is 0 Å². The molecule has 0 bridgehead atoms. The number of hydrogen-bond donors (Lipinski definition) is 1. The highest BCUT2D eigenvalue weighted by Gasteiger charge is 2.45. The molecule has 1 saturated heterocycles. The Morgan fingerprint density at radius 1 is 1.28 bits per heavy atom. The van der Waals surface area contributed by atoms with Gasteiger partial charge in [0.15, 0.2) is 0 Å². The van der Waals surface area contributed by atoms with Crippen LogP contribution in [-0.4, -0.2) is 36.1 Å². The number of hydrogen-bond acceptors (Lipinski definition) is 2. The van der Waals surface area contributed by atoms with Crippen LogP contribution in [0.3, 0.4) is 0 Å². The third kappa shape index (κ3) is 3.08. The van der Waals surface area contributed by atoms with E-state index in [-0.39, 0.29) is 0 Å².